The number of nitrogens with zero attached hydrogens (tertiary/aromatic N) is 1. The zero-order valence-corrected chi connectivity index (χ0v) is 6.35. The molecule has 0 saturated carbocycles. The maximum atomic E-state index is 3.35. The van der Waals surface area contributed by atoms with Crippen LogP contribution in [0.25, 0.3) is 0 Å². The van der Waals surface area contributed by atoms with Crippen molar-refractivity contribution in [3.8, 4) is 0 Å². The highest BCUT2D eigenvalue weighted by molar-refractivity contribution is 4.76. The van der Waals surface area contributed by atoms with Crippen LogP contribution < -0.4 is 5.32 Å². The summed E-state index contributed by atoms with van der Waals surface area (Å²) in [6.45, 7) is 7.93. The van der Waals surface area contributed by atoms with Gasteiger partial charge in [0, 0.05) is 19.3 Å². The average Bonchev–Trinajstić information content (AvgIpc) is 2.33. The lowest BCUT2D eigenvalue weighted by atomic mass is 10.2. The monoisotopic (exact) mass is 128 g/mol. The number of hydrogen-bond acceptors (Lipinski definition) is 2. The second kappa shape index (κ2) is 3.18. The predicted molar refractivity (Wildman–Crippen MR) is 39.3 cm³/mol. The minimum absolute atomic E-state index is 0.801. The molecule has 0 aliphatic carbocycles. The fraction of sp³-hybridized carbons (Fsp3) is 1.00. The molecule has 0 spiro atoms. The number of likely N-dealkylation sites (N-methyl/N-ethyl adjacent to an activating group) is 1. The highest BCUT2D eigenvalue weighted by Crippen LogP contribution is 2.06. The van der Waals surface area contributed by atoms with Crippen LogP contribution in [-0.2, 0) is 0 Å². The van der Waals surface area contributed by atoms with Crippen molar-refractivity contribution in [3.63, 3.8) is 0 Å². The molecule has 1 fully saturated rings. The van der Waals surface area contributed by atoms with Crippen molar-refractivity contribution < 1.29 is 0 Å². The lowest BCUT2D eigenvalue weighted by Crippen LogP contribution is -2.29. The van der Waals surface area contributed by atoms with Gasteiger partial charge in [-0.25, -0.2) is 0 Å². The Balaban J connectivity index is 2.32. The predicted octanol–water partition coefficient (Wildman–Crippen LogP) is 0.648. The van der Waals surface area contributed by atoms with Crippen molar-refractivity contribution in [2.75, 3.05) is 19.8 Å². The largest absolute Gasteiger partial charge is 0.303 e. The number of rotatable bonds is 2. The zero-order valence-electron chi connectivity index (χ0n) is 6.35. The first kappa shape index (κ1) is 7.03. The molecule has 54 valence electrons. The van der Waals surface area contributed by atoms with Crippen LogP contribution in [0.2, 0.25) is 0 Å². The van der Waals surface area contributed by atoms with Crippen LogP contribution in [0.1, 0.15) is 20.3 Å². The van der Waals surface area contributed by atoms with Crippen molar-refractivity contribution in [1.82, 2.24) is 10.2 Å². The van der Waals surface area contributed by atoms with E-state index in [1.54, 1.807) is 0 Å². The van der Waals surface area contributed by atoms with E-state index >= 15 is 0 Å². The fourth-order valence-corrected chi connectivity index (χ4v) is 1.41. The molecule has 2 nitrogen and oxygen atoms in total. The van der Waals surface area contributed by atoms with Gasteiger partial charge in [0.15, 0.2) is 0 Å². The molecule has 1 N–H and O–H groups in total. The molecule has 1 heterocycles. The Morgan fingerprint density at radius 3 is 2.78 bits per heavy atom. The minimum atomic E-state index is 0.801. The normalized spacial score (nSPS) is 29.3. The Morgan fingerprint density at radius 1 is 1.56 bits per heavy atom. The smallest absolute Gasteiger partial charge is 0.0484 e. The molecule has 2 heteroatoms. The van der Waals surface area contributed by atoms with Gasteiger partial charge in [0.1, 0.15) is 0 Å². The van der Waals surface area contributed by atoms with Gasteiger partial charge in [0.25, 0.3) is 0 Å². The van der Waals surface area contributed by atoms with Gasteiger partial charge in [-0.05, 0) is 13.0 Å². The van der Waals surface area contributed by atoms with E-state index in [2.05, 4.69) is 24.1 Å². The zero-order chi connectivity index (χ0) is 6.69. The molecule has 1 aliphatic heterocycles. The molecule has 1 aliphatic rings. The van der Waals surface area contributed by atoms with Crippen molar-refractivity contribution in [2.45, 2.75) is 26.3 Å². The molecule has 1 unspecified atom stereocenters. The number of hydrogen-bond donors (Lipinski definition) is 1. The van der Waals surface area contributed by atoms with Gasteiger partial charge >= 0.3 is 0 Å². The third-order valence-electron chi connectivity index (χ3n) is 2.09. The maximum Gasteiger partial charge on any atom is 0.0484 e. The van der Waals surface area contributed by atoms with E-state index in [-0.39, 0.29) is 0 Å². The SMILES string of the molecule is CCC1CNCN1CC. The Bertz CT molecular complexity index is 73.0. The van der Waals surface area contributed by atoms with Crippen LogP contribution in [0.15, 0.2) is 0 Å². The highest BCUT2D eigenvalue weighted by Gasteiger charge is 2.19. The van der Waals surface area contributed by atoms with Crippen LogP contribution in [0, 0.1) is 0 Å². The van der Waals surface area contributed by atoms with Crippen molar-refractivity contribution in [1.29, 1.82) is 0 Å². The molecule has 9 heavy (non-hydrogen) atoms. The minimum Gasteiger partial charge on any atom is -0.303 e. The van der Waals surface area contributed by atoms with E-state index in [1.807, 2.05) is 0 Å². The lowest BCUT2D eigenvalue weighted by Gasteiger charge is -2.18. The standard InChI is InChI=1S/C7H16N2/c1-3-7-5-8-6-9(7)4-2/h7-8H,3-6H2,1-2H3. The van der Waals surface area contributed by atoms with Gasteiger partial charge in [0.2, 0.25) is 0 Å². The molecule has 0 aromatic rings. The Labute approximate surface area is 57.2 Å². The van der Waals surface area contributed by atoms with Crippen LogP contribution in [0.4, 0.5) is 0 Å². The van der Waals surface area contributed by atoms with Crippen LogP contribution in [0.5, 0.6) is 0 Å². The summed E-state index contributed by atoms with van der Waals surface area (Å²) in [7, 11) is 0. The summed E-state index contributed by atoms with van der Waals surface area (Å²) >= 11 is 0. The molecule has 1 rings (SSSR count). The van der Waals surface area contributed by atoms with Gasteiger partial charge in [-0.15, -0.1) is 0 Å². The molecule has 0 radical (unpaired) electrons. The topological polar surface area (TPSA) is 15.3 Å². The second-order valence-corrected chi connectivity index (χ2v) is 2.58. The van der Waals surface area contributed by atoms with Crippen LogP contribution in [0.3, 0.4) is 0 Å². The summed E-state index contributed by atoms with van der Waals surface area (Å²) in [6, 6.07) is 0.801. The Hall–Kier alpha value is -0.0800. The van der Waals surface area contributed by atoms with E-state index in [0.717, 1.165) is 12.7 Å². The summed E-state index contributed by atoms with van der Waals surface area (Å²) < 4.78 is 0. The van der Waals surface area contributed by atoms with E-state index in [1.165, 1.54) is 19.5 Å². The molecule has 0 aromatic heterocycles. The third-order valence-corrected chi connectivity index (χ3v) is 2.09. The molecule has 0 aromatic carbocycles. The molecule has 1 atom stereocenters. The fourth-order valence-electron chi connectivity index (χ4n) is 1.41. The van der Waals surface area contributed by atoms with Crippen LogP contribution >= 0.6 is 0 Å². The first-order valence-electron chi connectivity index (χ1n) is 3.83. The van der Waals surface area contributed by atoms with Gasteiger partial charge in [-0.1, -0.05) is 13.8 Å². The average molecular weight is 128 g/mol. The van der Waals surface area contributed by atoms with Crippen LogP contribution in [-0.4, -0.2) is 30.7 Å². The first-order valence-corrected chi connectivity index (χ1v) is 3.83. The summed E-state index contributed by atoms with van der Waals surface area (Å²) in [6.07, 6.45) is 1.28. The quantitative estimate of drug-likeness (QED) is 0.587. The summed E-state index contributed by atoms with van der Waals surface area (Å²) in [5.41, 5.74) is 0. The molecular weight excluding hydrogens is 112 g/mol. The highest BCUT2D eigenvalue weighted by atomic mass is 15.3. The molecule has 0 bridgehead atoms. The molecular formula is C7H16N2. The van der Waals surface area contributed by atoms with Crippen molar-refractivity contribution in [3.05, 3.63) is 0 Å². The van der Waals surface area contributed by atoms with E-state index in [0.29, 0.717) is 0 Å². The first-order chi connectivity index (χ1) is 4.38. The van der Waals surface area contributed by atoms with Gasteiger partial charge in [0.05, 0.1) is 0 Å². The van der Waals surface area contributed by atoms with E-state index in [4.69, 9.17) is 0 Å². The van der Waals surface area contributed by atoms with Crippen molar-refractivity contribution >= 4 is 0 Å². The lowest BCUT2D eigenvalue weighted by molar-refractivity contribution is 0.266. The van der Waals surface area contributed by atoms with E-state index < -0.39 is 0 Å². The van der Waals surface area contributed by atoms with E-state index in [9.17, 15) is 0 Å². The van der Waals surface area contributed by atoms with Gasteiger partial charge < -0.3 is 5.32 Å². The maximum absolute atomic E-state index is 3.35. The molecule has 0 amide bonds. The van der Waals surface area contributed by atoms with Gasteiger partial charge in [-0.2, -0.15) is 0 Å². The van der Waals surface area contributed by atoms with Gasteiger partial charge in [-0.3, -0.25) is 4.90 Å². The Kier molecular flexibility index (Phi) is 2.49. The molecule has 1 saturated heterocycles. The second-order valence-electron chi connectivity index (χ2n) is 2.58. The number of nitrogens with one attached hydrogen (secondary N) is 1. The Morgan fingerprint density at radius 2 is 2.33 bits per heavy atom. The summed E-state index contributed by atoms with van der Waals surface area (Å²) in [5, 5.41) is 3.35. The summed E-state index contributed by atoms with van der Waals surface area (Å²) in [5.74, 6) is 0. The summed E-state index contributed by atoms with van der Waals surface area (Å²) in [4.78, 5) is 2.47. The third kappa shape index (κ3) is 1.43. The van der Waals surface area contributed by atoms with Crippen molar-refractivity contribution in [2.24, 2.45) is 0 Å².